The van der Waals surface area contributed by atoms with Crippen molar-refractivity contribution >= 4 is 23.1 Å². The fourth-order valence-electron chi connectivity index (χ4n) is 2.12. The zero-order valence-electron chi connectivity index (χ0n) is 10.9. The van der Waals surface area contributed by atoms with Crippen molar-refractivity contribution in [3.8, 4) is 0 Å². The molecule has 4 heteroatoms. The highest BCUT2D eigenvalue weighted by atomic mass is 32.1. The first kappa shape index (κ1) is 14.4. The molecule has 0 aliphatic heterocycles. The van der Waals surface area contributed by atoms with Gasteiger partial charge in [0.25, 0.3) is 0 Å². The fourth-order valence-corrected chi connectivity index (χ4v) is 2.42. The van der Waals surface area contributed by atoms with Gasteiger partial charge in [-0.2, -0.15) is 0 Å². The molecule has 0 aromatic rings. The van der Waals surface area contributed by atoms with Gasteiger partial charge in [-0.15, -0.1) is 0 Å². The molecule has 1 aliphatic carbocycles. The molecule has 3 N–H and O–H groups in total. The first-order valence-electron chi connectivity index (χ1n) is 6.67. The minimum absolute atomic E-state index is 0.0551. The smallest absolute Gasteiger partial charge is 0.233 e. The molecule has 0 radical (unpaired) electrons. The number of nitrogens with two attached hydrogens (primary N) is 1. The Kier molecular flexibility index (Phi) is 5.37. The van der Waals surface area contributed by atoms with Crippen molar-refractivity contribution in [2.24, 2.45) is 11.1 Å². The molecule has 0 spiro atoms. The lowest BCUT2D eigenvalue weighted by Crippen LogP contribution is -2.44. The van der Waals surface area contributed by atoms with Crippen molar-refractivity contribution in [3.63, 3.8) is 0 Å². The van der Waals surface area contributed by atoms with Crippen LogP contribution in [0.1, 0.15) is 58.8 Å². The third-order valence-corrected chi connectivity index (χ3v) is 3.93. The second-order valence-corrected chi connectivity index (χ2v) is 5.49. The quantitative estimate of drug-likeness (QED) is 0.656. The van der Waals surface area contributed by atoms with Crippen molar-refractivity contribution in [2.75, 3.05) is 0 Å². The third-order valence-electron chi connectivity index (χ3n) is 3.53. The molecule has 1 saturated carbocycles. The number of amides is 1. The van der Waals surface area contributed by atoms with Gasteiger partial charge in [0.05, 0.1) is 10.4 Å². The second kappa shape index (κ2) is 6.34. The Bertz CT molecular complexity index is 287. The van der Waals surface area contributed by atoms with Crippen molar-refractivity contribution in [1.29, 1.82) is 0 Å². The summed E-state index contributed by atoms with van der Waals surface area (Å²) in [5.74, 6) is 0.0551. The van der Waals surface area contributed by atoms with E-state index in [9.17, 15) is 4.79 Å². The van der Waals surface area contributed by atoms with Crippen LogP contribution in [0.5, 0.6) is 0 Å². The predicted octanol–water partition coefficient (Wildman–Crippen LogP) is 2.53. The van der Waals surface area contributed by atoms with Gasteiger partial charge in [0, 0.05) is 6.04 Å². The summed E-state index contributed by atoms with van der Waals surface area (Å²) in [5.41, 5.74) is 5.15. The predicted molar refractivity (Wildman–Crippen MR) is 74.8 cm³/mol. The van der Waals surface area contributed by atoms with E-state index in [0.717, 1.165) is 44.9 Å². The molecule has 1 unspecified atom stereocenters. The number of thiocarbonyl (C=S) groups is 1. The third kappa shape index (κ3) is 3.66. The summed E-state index contributed by atoms with van der Waals surface area (Å²) in [6.45, 7) is 4.31. The average Bonchev–Trinajstić information content (AvgIpc) is 3.07. The molecule has 0 aromatic heterocycles. The van der Waals surface area contributed by atoms with Crippen LogP contribution in [-0.4, -0.2) is 16.9 Å². The molecule has 1 amide bonds. The van der Waals surface area contributed by atoms with Crippen LogP contribution in [0.15, 0.2) is 0 Å². The summed E-state index contributed by atoms with van der Waals surface area (Å²) in [5, 5.41) is 3.13. The van der Waals surface area contributed by atoms with E-state index in [1.807, 2.05) is 0 Å². The molecular weight excluding hydrogens is 232 g/mol. The lowest BCUT2D eigenvalue weighted by atomic mass is 10.0. The Labute approximate surface area is 110 Å². The van der Waals surface area contributed by atoms with Gasteiger partial charge in [0.1, 0.15) is 0 Å². The van der Waals surface area contributed by atoms with Crippen LogP contribution < -0.4 is 11.1 Å². The number of rotatable bonds is 8. The Hall–Kier alpha value is -0.640. The van der Waals surface area contributed by atoms with E-state index < -0.39 is 5.41 Å². The lowest BCUT2D eigenvalue weighted by Gasteiger charge is -2.21. The molecule has 17 heavy (non-hydrogen) atoms. The van der Waals surface area contributed by atoms with E-state index in [1.165, 1.54) is 0 Å². The summed E-state index contributed by atoms with van der Waals surface area (Å²) in [7, 11) is 0. The highest BCUT2D eigenvalue weighted by Crippen LogP contribution is 2.46. The Morgan fingerprint density at radius 2 is 2.00 bits per heavy atom. The van der Waals surface area contributed by atoms with Crippen LogP contribution in [0, 0.1) is 5.41 Å². The summed E-state index contributed by atoms with van der Waals surface area (Å²) < 4.78 is 0. The van der Waals surface area contributed by atoms with Gasteiger partial charge in [-0.3, -0.25) is 4.79 Å². The Morgan fingerprint density at radius 1 is 1.35 bits per heavy atom. The van der Waals surface area contributed by atoms with Gasteiger partial charge in [0.2, 0.25) is 5.91 Å². The summed E-state index contributed by atoms with van der Waals surface area (Å²) in [4.78, 5) is 12.5. The standard InChI is InChI=1S/C13H24N2OS/c1-3-5-7-10(6-4-2)15-12(16)13(8-9-13)11(14)17/h10H,3-9H2,1-2H3,(H2,14,17)(H,15,16). The summed E-state index contributed by atoms with van der Waals surface area (Å²) in [6, 6.07) is 0.291. The molecule has 98 valence electrons. The first-order chi connectivity index (χ1) is 8.06. The Balaban J connectivity index is 2.49. The summed E-state index contributed by atoms with van der Waals surface area (Å²) in [6.07, 6.45) is 7.15. The molecule has 1 rings (SSSR count). The van der Waals surface area contributed by atoms with Crippen molar-refractivity contribution in [2.45, 2.75) is 64.8 Å². The molecule has 1 atom stereocenters. The SMILES string of the molecule is CCCCC(CCC)NC(=O)C1(C(N)=S)CC1. The minimum atomic E-state index is -0.506. The van der Waals surface area contributed by atoms with E-state index in [1.54, 1.807) is 0 Å². The molecule has 0 aromatic carbocycles. The van der Waals surface area contributed by atoms with Gasteiger partial charge in [-0.1, -0.05) is 45.3 Å². The zero-order chi connectivity index (χ0) is 12.9. The van der Waals surface area contributed by atoms with Crippen molar-refractivity contribution < 1.29 is 4.79 Å². The molecule has 1 fully saturated rings. The number of carbonyl (C=O) groups excluding carboxylic acids is 1. The topological polar surface area (TPSA) is 55.1 Å². The molecule has 0 saturated heterocycles. The van der Waals surface area contributed by atoms with Gasteiger partial charge in [-0.05, 0) is 25.7 Å². The largest absolute Gasteiger partial charge is 0.392 e. The molecule has 0 bridgehead atoms. The van der Waals surface area contributed by atoms with E-state index in [4.69, 9.17) is 18.0 Å². The van der Waals surface area contributed by atoms with E-state index in [2.05, 4.69) is 19.2 Å². The van der Waals surface area contributed by atoms with Crippen molar-refractivity contribution in [1.82, 2.24) is 5.32 Å². The molecule has 1 aliphatic rings. The van der Waals surface area contributed by atoms with Crippen molar-refractivity contribution in [3.05, 3.63) is 0 Å². The van der Waals surface area contributed by atoms with E-state index in [0.29, 0.717) is 11.0 Å². The minimum Gasteiger partial charge on any atom is -0.392 e. The maximum atomic E-state index is 12.1. The van der Waals surface area contributed by atoms with Crippen LogP contribution in [0.2, 0.25) is 0 Å². The monoisotopic (exact) mass is 256 g/mol. The number of hydrogen-bond acceptors (Lipinski definition) is 2. The van der Waals surface area contributed by atoms with Gasteiger partial charge in [-0.25, -0.2) is 0 Å². The average molecular weight is 256 g/mol. The van der Waals surface area contributed by atoms with E-state index >= 15 is 0 Å². The fraction of sp³-hybridized carbons (Fsp3) is 0.846. The van der Waals surface area contributed by atoms with Gasteiger partial charge < -0.3 is 11.1 Å². The Morgan fingerprint density at radius 3 is 2.41 bits per heavy atom. The molecule has 0 heterocycles. The van der Waals surface area contributed by atoms with Crippen LogP contribution >= 0.6 is 12.2 Å². The van der Waals surface area contributed by atoms with Gasteiger partial charge in [0.15, 0.2) is 0 Å². The number of carbonyl (C=O) groups is 1. The molecule has 3 nitrogen and oxygen atoms in total. The van der Waals surface area contributed by atoms with Crippen LogP contribution in [0.25, 0.3) is 0 Å². The summed E-state index contributed by atoms with van der Waals surface area (Å²) >= 11 is 4.99. The maximum absolute atomic E-state index is 12.1. The first-order valence-corrected chi connectivity index (χ1v) is 7.08. The zero-order valence-corrected chi connectivity index (χ0v) is 11.7. The highest BCUT2D eigenvalue weighted by Gasteiger charge is 2.52. The lowest BCUT2D eigenvalue weighted by molar-refractivity contribution is -0.124. The number of unbranched alkanes of at least 4 members (excludes halogenated alkanes) is 1. The normalized spacial score (nSPS) is 18.5. The number of nitrogens with one attached hydrogen (secondary N) is 1. The van der Waals surface area contributed by atoms with Crippen LogP contribution in [0.3, 0.4) is 0 Å². The van der Waals surface area contributed by atoms with E-state index in [-0.39, 0.29) is 5.91 Å². The number of hydrogen-bond donors (Lipinski definition) is 2. The highest BCUT2D eigenvalue weighted by molar-refractivity contribution is 7.80. The second-order valence-electron chi connectivity index (χ2n) is 5.05. The maximum Gasteiger partial charge on any atom is 0.233 e. The molecular formula is C13H24N2OS. The van der Waals surface area contributed by atoms with Crippen LogP contribution in [0.4, 0.5) is 0 Å². The van der Waals surface area contributed by atoms with Crippen LogP contribution in [-0.2, 0) is 4.79 Å². The van der Waals surface area contributed by atoms with Gasteiger partial charge >= 0.3 is 0 Å².